The fraction of sp³-hybridized carbons (Fsp3) is 0.235. The van der Waals surface area contributed by atoms with Crippen LogP contribution >= 0.6 is 11.8 Å². The Morgan fingerprint density at radius 2 is 2.05 bits per heavy atom. The van der Waals surface area contributed by atoms with Crippen LogP contribution < -0.4 is 0 Å². The molecule has 0 radical (unpaired) electrons. The maximum atomic E-state index is 12.3. The summed E-state index contributed by atoms with van der Waals surface area (Å²) < 4.78 is 0. The Morgan fingerprint density at radius 1 is 1.14 bits per heavy atom. The van der Waals surface area contributed by atoms with E-state index < -0.39 is 0 Å². The molecule has 2 aliphatic heterocycles. The minimum atomic E-state index is -0.120. The highest BCUT2D eigenvalue weighted by Crippen LogP contribution is 2.49. The topological polar surface area (TPSA) is 42.3 Å². The van der Waals surface area contributed by atoms with Crippen LogP contribution in [0.25, 0.3) is 0 Å². The van der Waals surface area contributed by atoms with Crippen molar-refractivity contribution in [2.75, 3.05) is 0 Å². The highest BCUT2D eigenvalue weighted by atomic mass is 32.2. The number of rotatable bonds is 0. The molecule has 0 spiro atoms. The van der Waals surface area contributed by atoms with E-state index in [0.717, 1.165) is 40.3 Å². The lowest BCUT2D eigenvalue weighted by atomic mass is 9.94. The minimum Gasteiger partial charge on any atom is -0.267 e. The molecule has 0 N–H and O–H groups in total. The second-order valence-corrected chi connectivity index (χ2v) is 6.78. The number of aromatic nitrogens is 1. The summed E-state index contributed by atoms with van der Waals surface area (Å²) in [6.45, 7) is 0. The minimum absolute atomic E-state index is 0.120. The molecule has 2 aromatic rings. The average Bonchev–Trinajstić information content (AvgIpc) is 3.09. The van der Waals surface area contributed by atoms with Crippen LogP contribution in [0, 0.1) is 0 Å². The molecule has 1 amide bonds. The Balaban J connectivity index is 1.72. The Kier molecular flexibility index (Phi) is 2.25. The van der Waals surface area contributed by atoms with Gasteiger partial charge in [-0.1, -0.05) is 30.0 Å². The maximum Gasteiger partial charge on any atom is 0.277 e. The van der Waals surface area contributed by atoms with Crippen molar-refractivity contribution in [2.45, 2.75) is 29.5 Å². The number of benzene rings is 1. The Bertz CT molecular complexity index is 841. The summed E-state index contributed by atoms with van der Waals surface area (Å²) in [6, 6.07) is 10.0. The van der Waals surface area contributed by atoms with Crippen LogP contribution in [0.5, 0.6) is 0 Å². The van der Waals surface area contributed by atoms with Crippen LogP contribution in [0.2, 0.25) is 0 Å². The van der Waals surface area contributed by atoms with Gasteiger partial charge < -0.3 is 0 Å². The van der Waals surface area contributed by atoms with Gasteiger partial charge in [0.15, 0.2) is 0 Å². The van der Waals surface area contributed by atoms with Gasteiger partial charge in [0.1, 0.15) is 5.03 Å². The monoisotopic (exact) mass is 292 g/mol. The van der Waals surface area contributed by atoms with E-state index in [1.165, 1.54) is 17.7 Å². The van der Waals surface area contributed by atoms with E-state index in [4.69, 9.17) is 4.98 Å². The molecule has 1 aliphatic carbocycles. The van der Waals surface area contributed by atoms with Gasteiger partial charge in [-0.15, -0.1) is 0 Å². The first-order valence-corrected chi connectivity index (χ1v) is 8.11. The molecule has 21 heavy (non-hydrogen) atoms. The Labute approximate surface area is 126 Å². The van der Waals surface area contributed by atoms with Crippen LogP contribution in [0.15, 0.2) is 40.4 Å². The Morgan fingerprint density at radius 3 is 3.00 bits per heavy atom. The first-order valence-electron chi connectivity index (χ1n) is 7.23. The van der Waals surface area contributed by atoms with Gasteiger partial charge in [-0.3, -0.25) is 4.79 Å². The zero-order valence-corrected chi connectivity index (χ0v) is 12.1. The smallest absolute Gasteiger partial charge is 0.267 e. The second-order valence-electron chi connectivity index (χ2n) is 5.69. The van der Waals surface area contributed by atoms with Gasteiger partial charge in [0.05, 0.1) is 11.0 Å². The lowest BCUT2D eigenvalue weighted by Gasteiger charge is -2.18. The number of aliphatic imine (C=N–C) groups is 1. The van der Waals surface area contributed by atoms with Crippen LogP contribution in [0.3, 0.4) is 0 Å². The maximum absolute atomic E-state index is 12.3. The van der Waals surface area contributed by atoms with Gasteiger partial charge >= 0.3 is 0 Å². The molecule has 0 bridgehead atoms. The molecule has 1 aromatic carbocycles. The van der Waals surface area contributed by atoms with Gasteiger partial charge in [-0.25, -0.2) is 9.98 Å². The molecule has 0 fully saturated rings. The number of carbonyl (C=O) groups excluding carboxylic acids is 1. The summed E-state index contributed by atoms with van der Waals surface area (Å²) in [6.07, 6.45) is 3.37. The van der Waals surface area contributed by atoms with Crippen LogP contribution in [0.4, 0.5) is 0 Å². The summed E-state index contributed by atoms with van der Waals surface area (Å²) >= 11 is 1.74. The van der Waals surface area contributed by atoms with Crippen molar-refractivity contribution < 1.29 is 4.79 Å². The molecule has 4 heteroatoms. The number of aryl methyl sites for hydroxylation is 2. The molecule has 5 rings (SSSR count). The van der Waals surface area contributed by atoms with Crippen molar-refractivity contribution in [3.05, 3.63) is 58.3 Å². The zero-order chi connectivity index (χ0) is 14.0. The van der Waals surface area contributed by atoms with E-state index in [2.05, 4.69) is 11.1 Å². The van der Waals surface area contributed by atoms with Crippen molar-refractivity contribution in [3.63, 3.8) is 0 Å². The molecular formula is C17H12N2OS. The molecule has 102 valence electrons. The lowest BCUT2D eigenvalue weighted by molar-refractivity contribution is 0.1000. The molecule has 0 saturated carbocycles. The van der Waals surface area contributed by atoms with E-state index in [1.807, 2.05) is 24.3 Å². The van der Waals surface area contributed by atoms with Crippen molar-refractivity contribution in [3.8, 4) is 0 Å². The third-order valence-corrected chi connectivity index (χ3v) is 5.71. The third kappa shape index (κ3) is 1.54. The molecule has 3 heterocycles. The summed E-state index contributed by atoms with van der Waals surface area (Å²) in [4.78, 5) is 21.5. The number of pyridine rings is 1. The van der Waals surface area contributed by atoms with Crippen molar-refractivity contribution in [2.24, 2.45) is 4.99 Å². The number of carbonyl (C=O) groups is 1. The molecule has 1 aromatic heterocycles. The first-order chi connectivity index (χ1) is 10.3. The number of hydrogen-bond acceptors (Lipinski definition) is 3. The standard InChI is InChI=1S/C17H12N2OS/c20-16-11-6-2-1-5-10(11)15-14(19-16)12-8-9-4-3-7-13(9)18-17(12)21-15/h1-2,5-6,8,15H,3-4,7H2. The summed E-state index contributed by atoms with van der Waals surface area (Å²) in [5.74, 6) is -0.120. The quantitative estimate of drug-likeness (QED) is 0.747. The van der Waals surface area contributed by atoms with Crippen molar-refractivity contribution in [1.29, 1.82) is 0 Å². The highest BCUT2D eigenvalue weighted by Gasteiger charge is 2.38. The lowest BCUT2D eigenvalue weighted by Crippen LogP contribution is -2.18. The van der Waals surface area contributed by atoms with Crippen molar-refractivity contribution in [1.82, 2.24) is 4.98 Å². The SMILES string of the molecule is O=C1N=C2c3cc4c(nc3SC2c2ccccc21)CCC4. The average molecular weight is 292 g/mol. The van der Waals surface area contributed by atoms with Gasteiger partial charge in [0.2, 0.25) is 0 Å². The molecule has 1 atom stereocenters. The Hall–Kier alpha value is -1.94. The molecule has 1 unspecified atom stereocenters. The number of thioether (sulfide) groups is 1. The van der Waals surface area contributed by atoms with E-state index in [-0.39, 0.29) is 11.2 Å². The van der Waals surface area contributed by atoms with Crippen LogP contribution in [-0.4, -0.2) is 16.6 Å². The predicted octanol–water partition coefficient (Wildman–Crippen LogP) is 3.36. The first kappa shape index (κ1) is 11.7. The predicted molar refractivity (Wildman–Crippen MR) is 82.2 cm³/mol. The van der Waals surface area contributed by atoms with E-state index in [0.29, 0.717) is 0 Å². The summed E-state index contributed by atoms with van der Waals surface area (Å²) in [7, 11) is 0. The fourth-order valence-electron chi connectivity index (χ4n) is 3.45. The van der Waals surface area contributed by atoms with E-state index in [1.54, 1.807) is 11.8 Å². The normalized spacial score (nSPS) is 21.4. The van der Waals surface area contributed by atoms with Crippen LogP contribution in [-0.2, 0) is 12.8 Å². The van der Waals surface area contributed by atoms with Gasteiger partial charge in [0.25, 0.3) is 5.91 Å². The van der Waals surface area contributed by atoms with E-state index >= 15 is 0 Å². The zero-order valence-electron chi connectivity index (χ0n) is 11.3. The fourth-order valence-corrected chi connectivity index (χ4v) is 4.76. The van der Waals surface area contributed by atoms with Gasteiger partial charge in [-0.2, -0.15) is 0 Å². The van der Waals surface area contributed by atoms with Gasteiger partial charge in [-0.05, 0) is 42.5 Å². The highest BCUT2D eigenvalue weighted by molar-refractivity contribution is 8.00. The summed E-state index contributed by atoms with van der Waals surface area (Å²) in [5.41, 5.74) is 6.37. The molecular weight excluding hydrogens is 280 g/mol. The number of fused-ring (bicyclic) bond motifs is 6. The van der Waals surface area contributed by atoms with Crippen LogP contribution in [0.1, 0.15) is 44.4 Å². The largest absolute Gasteiger partial charge is 0.277 e. The second kappa shape index (κ2) is 4.04. The molecule has 0 saturated heterocycles. The number of amides is 1. The molecule has 3 nitrogen and oxygen atoms in total. The third-order valence-electron chi connectivity index (χ3n) is 4.47. The van der Waals surface area contributed by atoms with Crippen molar-refractivity contribution >= 4 is 23.4 Å². The number of hydrogen-bond donors (Lipinski definition) is 0. The summed E-state index contributed by atoms with van der Waals surface area (Å²) in [5, 5.41) is 1.17. The van der Waals surface area contributed by atoms with Gasteiger partial charge in [0, 0.05) is 16.8 Å². The number of nitrogens with zero attached hydrogens (tertiary/aromatic N) is 2. The molecule has 3 aliphatic rings. The van der Waals surface area contributed by atoms with E-state index in [9.17, 15) is 4.79 Å².